The maximum Gasteiger partial charge on any atom is 0.164 e. The van der Waals surface area contributed by atoms with E-state index >= 15 is 0 Å². The van der Waals surface area contributed by atoms with E-state index in [0.717, 1.165) is 11.1 Å². The van der Waals surface area contributed by atoms with Crippen molar-refractivity contribution in [1.29, 1.82) is 0 Å². The molecule has 0 radical (unpaired) electrons. The van der Waals surface area contributed by atoms with Crippen molar-refractivity contribution in [2.45, 2.75) is 18.6 Å². The first-order chi connectivity index (χ1) is 11.1. The molecular formula is C18H15FO3S. The normalized spacial score (nSPS) is 14.8. The molecule has 5 heteroatoms. The van der Waals surface area contributed by atoms with Crippen molar-refractivity contribution in [1.82, 2.24) is 0 Å². The number of carbonyl (C=O) groups excluding carboxylic acids is 1. The highest BCUT2D eigenvalue weighted by Crippen LogP contribution is 2.38. The molecule has 0 N–H and O–H groups in total. The fourth-order valence-electron chi connectivity index (χ4n) is 2.88. The topological polar surface area (TPSA) is 51.2 Å². The van der Waals surface area contributed by atoms with Crippen LogP contribution in [0.4, 0.5) is 4.39 Å². The average Bonchev–Trinajstić information content (AvgIpc) is 2.90. The summed E-state index contributed by atoms with van der Waals surface area (Å²) in [5.74, 6) is -0.472. The molecule has 0 saturated carbocycles. The summed E-state index contributed by atoms with van der Waals surface area (Å²) >= 11 is 0. The molecule has 0 fully saturated rings. The average molecular weight is 330 g/mol. The fraction of sp³-hybridized carbons (Fsp3) is 0.167. The van der Waals surface area contributed by atoms with Crippen LogP contribution in [0, 0.1) is 5.82 Å². The van der Waals surface area contributed by atoms with Crippen LogP contribution in [0.15, 0.2) is 48.5 Å². The number of hydrogen-bond donors (Lipinski definition) is 1. The van der Waals surface area contributed by atoms with Crippen LogP contribution in [0.2, 0.25) is 0 Å². The van der Waals surface area contributed by atoms with Gasteiger partial charge in [-0.15, -0.1) is 0 Å². The molecule has 1 aliphatic rings. The summed E-state index contributed by atoms with van der Waals surface area (Å²) in [5.41, 5.74) is 3.11. The molecule has 23 heavy (non-hydrogen) atoms. The lowest BCUT2D eigenvalue weighted by Gasteiger charge is -2.09. The van der Waals surface area contributed by atoms with Crippen LogP contribution in [0.25, 0.3) is 11.1 Å². The van der Waals surface area contributed by atoms with Gasteiger partial charge < -0.3 is 0 Å². The van der Waals surface area contributed by atoms with Crippen LogP contribution >= 0.6 is 0 Å². The van der Waals surface area contributed by atoms with E-state index in [2.05, 4.69) is 0 Å². The van der Waals surface area contributed by atoms with Crippen molar-refractivity contribution in [3.8, 4) is 0 Å². The Morgan fingerprint density at radius 2 is 1.65 bits per heavy atom. The zero-order valence-electron chi connectivity index (χ0n) is 12.3. The number of hydrogen-bond acceptors (Lipinski definition) is 3. The van der Waals surface area contributed by atoms with Crippen LogP contribution in [-0.2, 0) is 21.3 Å². The summed E-state index contributed by atoms with van der Waals surface area (Å²) < 4.78 is 35.6. The molecule has 2 aromatic rings. The monoisotopic (exact) mass is 330 g/mol. The fourth-order valence-corrected chi connectivity index (χ4v) is 3.39. The first-order valence-corrected chi connectivity index (χ1v) is 8.65. The van der Waals surface area contributed by atoms with Gasteiger partial charge in [0.15, 0.2) is 5.78 Å². The smallest absolute Gasteiger partial charge is 0.164 e. The van der Waals surface area contributed by atoms with Crippen molar-refractivity contribution in [3.63, 3.8) is 0 Å². The second-order valence-corrected chi connectivity index (χ2v) is 6.43. The van der Waals surface area contributed by atoms with Gasteiger partial charge in [0.2, 0.25) is 0 Å². The number of ketones is 1. The third kappa shape index (κ3) is 3.24. The molecule has 0 aliphatic heterocycles. The van der Waals surface area contributed by atoms with Gasteiger partial charge in [-0.25, -0.2) is 12.8 Å². The summed E-state index contributed by atoms with van der Waals surface area (Å²) in [6.45, 7) is 0. The third-order valence-electron chi connectivity index (χ3n) is 3.94. The minimum absolute atomic E-state index is 0.00619. The molecule has 0 unspecified atom stereocenters. The van der Waals surface area contributed by atoms with Gasteiger partial charge in [0.1, 0.15) is 16.5 Å². The minimum atomic E-state index is -2.47. The second kappa shape index (κ2) is 6.46. The molecular weight excluding hydrogens is 315 g/mol. The SMILES string of the molecule is O=C1CCC(c2ccc(C[SH](=O)=O)cc2)=C1c1ccccc1F. The van der Waals surface area contributed by atoms with Gasteiger partial charge in [0.05, 0.1) is 5.75 Å². The number of thiol groups is 1. The Bertz CT molecular complexity index is 856. The molecule has 118 valence electrons. The first-order valence-electron chi connectivity index (χ1n) is 7.28. The van der Waals surface area contributed by atoms with Crippen molar-refractivity contribution in [3.05, 3.63) is 71.0 Å². The number of allylic oxidation sites excluding steroid dienone is 2. The van der Waals surface area contributed by atoms with Gasteiger partial charge in [-0.2, -0.15) is 0 Å². The number of Topliss-reactive ketones (excluding diaryl/α,β-unsaturated/α-hetero) is 1. The highest BCUT2D eigenvalue weighted by Gasteiger charge is 2.26. The molecule has 0 aromatic heterocycles. The van der Waals surface area contributed by atoms with Crippen LogP contribution in [0.5, 0.6) is 0 Å². The summed E-state index contributed by atoms with van der Waals surface area (Å²) in [6, 6.07) is 13.3. The molecule has 0 atom stereocenters. The van der Waals surface area contributed by atoms with Gasteiger partial charge in [-0.1, -0.05) is 42.5 Å². The van der Waals surface area contributed by atoms with Gasteiger partial charge in [0.25, 0.3) is 0 Å². The van der Waals surface area contributed by atoms with Gasteiger partial charge in [-0.05, 0) is 29.2 Å². The summed E-state index contributed by atoms with van der Waals surface area (Å²) in [5, 5.41) is 0. The summed E-state index contributed by atoms with van der Waals surface area (Å²) in [4.78, 5) is 12.2. The molecule has 0 heterocycles. The molecule has 3 rings (SSSR count). The predicted octanol–water partition coefficient (Wildman–Crippen LogP) is 3.21. The minimum Gasteiger partial charge on any atom is -0.294 e. The molecule has 0 amide bonds. The predicted molar refractivity (Wildman–Crippen MR) is 87.9 cm³/mol. The van der Waals surface area contributed by atoms with Gasteiger partial charge >= 0.3 is 0 Å². The lowest BCUT2D eigenvalue weighted by atomic mass is 9.96. The van der Waals surface area contributed by atoms with E-state index in [9.17, 15) is 17.6 Å². The molecule has 0 bridgehead atoms. The number of rotatable bonds is 4. The maximum absolute atomic E-state index is 14.1. The first kappa shape index (κ1) is 15.6. The molecule has 1 aliphatic carbocycles. The zero-order valence-corrected chi connectivity index (χ0v) is 13.2. The Labute approximate surface area is 135 Å². The third-order valence-corrected chi connectivity index (χ3v) is 4.56. The Kier molecular flexibility index (Phi) is 4.39. The molecule has 0 saturated heterocycles. The van der Waals surface area contributed by atoms with E-state index in [1.54, 1.807) is 42.5 Å². The van der Waals surface area contributed by atoms with Crippen molar-refractivity contribution < 1.29 is 17.6 Å². The molecule has 2 aromatic carbocycles. The quantitative estimate of drug-likeness (QED) is 0.876. The largest absolute Gasteiger partial charge is 0.294 e. The number of benzene rings is 2. The van der Waals surface area contributed by atoms with Crippen molar-refractivity contribution in [2.75, 3.05) is 0 Å². The lowest BCUT2D eigenvalue weighted by Crippen LogP contribution is -1.99. The maximum atomic E-state index is 14.1. The van der Waals surface area contributed by atoms with Crippen LogP contribution in [-0.4, -0.2) is 14.2 Å². The van der Waals surface area contributed by atoms with E-state index in [-0.39, 0.29) is 11.5 Å². The lowest BCUT2D eigenvalue weighted by molar-refractivity contribution is -0.113. The van der Waals surface area contributed by atoms with E-state index in [0.29, 0.717) is 29.5 Å². The van der Waals surface area contributed by atoms with Crippen LogP contribution < -0.4 is 0 Å². The van der Waals surface area contributed by atoms with Gasteiger partial charge in [-0.3, -0.25) is 4.79 Å². The van der Waals surface area contributed by atoms with E-state index < -0.39 is 16.5 Å². The van der Waals surface area contributed by atoms with E-state index in [1.807, 2.05) is 0 Å². The van der Waals surface area contributed by atoms with E-state index in [4.69, 9.17) is 0 Å². The highest BCUT2D eigenvalue weighted by molar-refractivity contribution is 7.71. The standard InChI is InChI=1S/C18H15FO3S/c19-16-4-2-1-3-15(16)18-14(9-10-17(18)20)13-7-5-12(6-8-13)11-23(21)22/h1-8,23H,9-11H2. The van der Waals surface area contributed by atoms with Crippen LogP contribution in [0.1, 0.15) is 29.5 Å². The molecule has 0 spiro atoms. The van der Waals surface area contributed by atoms with Crippen LogP contribution in [0.3, 0.4) is 0 Å². The van der Waals surface area contributed by atoms with Crippen molar-refractivity contribution in [2.24, 2.45) is 0 Å². The second-order valence-electron chi connectivity index (χ2n) is 5.44. The molecule has 3 nitrogen and oxygen atoms in total. The summed E-state index contributed by atoms with van der Waals surface area (Å²) in [7, 11) is -2.47. The number of carbonyl (C=O) groups is 1. The Balaban J connectivity index is 2.05. The Hall–Kier alpha value is -2.27. The van der Waals surface area contributed by atoms with Gasteiger partial charge in [0, 0.05) is 17.6 Å². The number of halogens is 1. The van der Waals surface area contributed by atoms with E-state index in [1.165, 1.54) is 6.07 Å². The highest BCUT2D eigenvalue weighted by atomic mass is 32.2. The zero-order chi connectivity index (χ0) is 16.4. The van der Waals surface area contributed by atoms with Crippen molar-refractivity contribution >= 4 is 27.6 Å². The summed E-state index contributed by atoms with van der Waals surface area (Å²) in [6.07, 6.45) is 0.935. The Morgan fingerprint density at radius 1 is 0.957 bits per heavy atom. The Morgan fingerprint density at radius 3 is 2.30 bits per heavy atom.